The van der Waals surface area contributed by atoms with E-state index in [1.54, 1.807) is 11.8 Å². The first kappa shape index (κ1) is 10.6. The average molecular weight is 221 g/mol. The zero-order valence-electron chi connectivity index (χ0n) is 8.77. The molecule has 0 heterocycles. The molecule has 0 unspecified atom stereocenters. The molecule has 0 radical (unpaired) electrons. The molecule has 1 aliphatic rings. The van der Waals surface area contributed by atoms with E-state index in [-0.39, 0.29) is 11.2 Å². The Hall–Kier alpha value is -0.960. The van der Waals surface area contributed by atoms with Gasteiger partial charge in [-0.25, -0.2) is 0 Å². The number of rotatable bonds is 4. The van der Waals surface area contributed by atoms with E-state index in [9.17, 15) is 4.79 Å². The van der Waals surface area contributed by atoms with Crippen molar-refractivity contribution in [3.8, 4) is 0 Å². The van der Waals surface area contributed by atoms with Crippen LogP contribution in [0, 0.1) is 0 Å². The zero-order chi connectivity index (χ0) is 10.7. The Labute approximate surface area is 94.4 Å². The maximum atomic E-state index is 11.7. The van der Waals surface area contributed by atoms with Gasteiger partial charge in [-0.2, -0.15) is 0 Å². The van der Waals surface area contributed by atoms with E-state index in [0.29, 0.717) is 6.04 Å². The van der Waals surface area contributed by atoms with Crippen LogP contribution in [0.15, 0.2) is 35.2 Å². The Morgan fingerprint density at radius 2 is 2.07 bits per heavy atom. The lowest BCUT2D eigenvalue weighted by Crippen LogP contribution is -2.32. The second-order valence-corrected chi connectivity index (χ2v) is 5.27. The van der Waals surface area contributed by atoms with Gasteiger partial charge in [-0.15, -0.1) is 11.8 Å². The van der Waals surface area contributed by atoms with Crippen molar-refractivity contribution in [3.63, 3.8) is 0 Å². The maximum Gasteiger partial charge on any atom is 0.233 e. The minimum atomic E-state index is -0.00648. The van der Waals surface area contributed by atoms with Crippen molar-refractivity contribution in [1.29, 1.82) is 0 Å². The van der Waals surface area contributed by atoms with Crippen molar-refractivity contribution in [2.75, 3.05) is 0 Å². The first-order valence-corrected chi connectivity index (χ1v) is 6.16. The molecule has 1 atom stereocenters. The highest BCUT2D eigenvalue weighted by atomic mass is 32.2. The molecule has 1 aromatic rings. The lowest BCUT2D eigenvalue weighted by atomic mass is 10.4. The van der Waals surface area contributed by atoms with Crippen LogP contribution in [-0.4, -0.2) is 17.2 Å². The number of carbonyl (C=O) groups is 1. The average Bonchev–Trinajstić information content (AvgIpc) is 3.03. The molecule has 0 aliphatic heterocycles. The second-order valence-electron chi connectivity index (χ2n) is 3.86. The first-order chi connectivity index (χ1) is 7.25. The number of hydrogen-bond donors (Lipinski definition) is 1. The molecule has 0 spiro atoms. The van der Waals surface area contributed by atoms with Crippen LogP contribution < -0.4 is 5.32 Å². The number of amides is 1. The summed E-state index contributed by atoms with van der Waals surface area (Å²) >= 11 is 1.61. The van der Waals surface area contributed by atoms with Gasteiger partial charge in [-0.1, -0.05) is 18.2 Å². The summed E-state index contributed by atoms with van der Waals surface area (Å²) in [7, 11) is 0. The highest BCUT2D eigenvalue weighted by molar-refractivity contribution is 8.00. The Bertz CT molecular complexity index is 335. The molecule has 1 amide bonds. The fourth-order valence-electron chi connectivity index (χ4n) is 1.30. The Balaban J connectivity index is 1.85. The van der Waals surface area contributed by atoms with E-state index < -0.39 is 0 Å². The number of hydrogen-bond acceptors (Lipinski definition) is 2. The summed E-state index contributed by atoms with van der Waals surface area (Å²) in [5, 5.41) is 3.01. The van der Waals surface area contributed by atoms with Crippen molar-refractivity contribution in [3.05, 3.63) is 30.3 Å². The number of nitrogens with one attached hydrogen (secondary N) is 1. The van der Waals surface area contributed by atoms with Crippen LogP contribution in [0.4, 0.5) is 0 Å². The van der Waals surface area contributed by atoms with Gasteiger partial charge in [-0.3, -0.25) is 4.79 Å². The Kier molecular flexibility index (Phi) is 3.31. The van der Waals surface area contributed by atoms with Crippen LogP contribution in [0.3, 0.4) is 0 Å². The van der Waals surface area contributed by atoms with Crippen LogP contribution >= 0.6 is 11.8 Å². The molecule has 0 aromatic heterocycles. The summed E-state index contributed by atoms with van der Waals surface area (Å²) in [6, 6.07) is 10.5. The van der Waals surface area contributed by atoms with Crippen molar-refractivity contribution >= 4 is 17.7 Å². The number of thioether (sulfide) groups is 1. The van der Waals surface area contributed by atoms with Crippen molar-refractivity contribution in [2.24, 2.45) is 0 Å². The van der Waals surface area contributed by atoms with Gasteiger partial charge in [0.2, 0.25) is 5.91 Å². The topological polar surface area (TPSA) is 29.1 Å². The third-order valence-electron chi connectivity index (χ3n) is 2.35. The van der Waals surface area contributed by atoms with Gasteiger partial charge in [0.1, 0.15) is 0 Å². The van der Waals surface area contributed by atoms with Gasteiger partial charge in [0.15, 0.2) is 0 Å². The lowest BCUT2D eigenvalue weighted by molar-refractivity contribution is -0.120. The summed E-state index contributed by atoms with van der Waals surface area (Å²) in [6.07, 6.45) is 2.29. The minimum Gasteiger partial charge on any atom is -0.352 e. The van der Waals surface area contributed by atoms with Gasteiger partial charge < -0.3 is 5.32 Å². The fraction of sp³-hybridized carbons (Fsp3) is 0.417. The summed E-state index contributed by atoms with van der Waals surface area (Å²) in [4.78, 5) is 12.8. The summed E-state index contributed by atoms with van der Waals surface area (Å²) < 4.78 is 0. The smallest absolute Gasteiger partial charge is 0.233 e. The third kappa shape index (κ3) is 3.27. The third-order valence-corrected chi connectivity index (χ3v) is 3.46. The summed E-state index contributed by atoms with van der Waals surface area (Å²) in [5.41, 5.74) is 0. The molecule has 1 saturated carbocycles. The SMILES string of the molecule is C[C@@H](Sc1ccccc1)C(=O)NC1CC1. The fourth-order valence-corrected chi connectivity index (χ4v) is 2.20. The largest absolute Gasteiger partial charge is 0.352 e. The molecule has 0 bridgehead atoms. The first-order valence-electron chi connectivity index (χ1n) is 5.28. The standard InChI is InChI=1S/C12H15NOS/c1-9(12(14)13-10-7-8-10)15-11-5-3-2-4-6-11/h2-6,9-10H,7-8H2,1H3,(H,13,14)/t9-/m1/s1. The van der Waals surface area contributed by atoms with Crippen LogP contribution in [0.25, 0.3) is 0 Å². The highest BCUT2D eigenvalue weighted by Gasteiger charge is 2.25. The molecular formula is C12H15NOS. The van der Waals surface area contributed by atoms with E-state index in [2.05, 4.69) is 5.32 Å². The predicted molar refractivity (Wildman–Crippen MR) is 62.9 cm³/mol. The van der Waals surface area contributed by atoms with Crippen molar-refractivity contribution in [1.82, 2.24) is 5.32 Å². The normalized spacial score (nSPS) is 17.1. The van der Waals surface area contributed by atoms with Gasteiger partial charge in [0.25, 0.3) is 0 Å². The van der Waals surface area contributed by atoms with Crippen LogP contribution in [-0.2, 0) is 4.79 Å². The number of benzene rings is 1. The number of carbonyl (C=O) groups excluding carboxylic acids is 1. The molecule has 3 heteroatoms. The second kappa shape index (κ2) is 4.71. The predicted octanol–water partition coefficient (Wildman–Crippen LogP) is 2.45. The van der Waals surface area contributed by atoms with E-state index in [1.807, 2.05) is 37.3 Å². The Morgan fingerprint density at radius 1 is 1.40 bits per heavy atom. The van der Waals surface area contributed by atoms with Gasteiger partial charge >= 0.3 is 0 Å². The van der Waals surface area contributed by atoms with Crippen molar-refractivity contribution in [2.45, 2.75) is 36.0 Å². The summed E-state index contributed by atoms with van der Waals surface area (Å²) in [6.45, 7) is 1.95. The van der Waals surface area contributed by atoms with E-state index in [0.717, 1.165) is 17.7 Å². The van der Waals surface area contributed by atoms with E-state index >= 15 is 0 Å². The van der Waals surface area contributed by atoms with E-state index in [1.165, 1.54) is 0 Å². The lowest BCUT2D eigenvalue weighted by Gasteiger charge is -2.10. The van der Waals surface area contributed by atoms with Gasteiger partial charge in [0.05, 0.1) is 5.25 Å². The molecule has 0 saturated heterocycles. The molecule has 15 heavy (non-hydrogen) atoms. The molecule has 2 nitrogen and oxygen atoms in total. The molecular weight excluding hydrogens is 206 g/mol. The molecule has 1 fully saturated rings. The van der Waals surface area contributed by atoms with Crippen LogP contribution in [0.2, 0.25) is 0 Å². The van der Waals surface area contributed by atoms with E-state index in [4.69, 9.17) is 0 Å². The van der Waals surface area contributed by atoms with Gasteiger partial charge in [0, 0.05) is 10.9 Å². The molecule has 80 valence electrons. The van der Waals surface area contributed by atoms with Gasteiger partial charge in [-0.05, 0) is 31.9 Å². The molecule has 2 rings (SSSR count). The summed E-state index contributed by atoms with van der Waals surface area (Å²) in [5.74, 6) is 0.159. The molecule has 1 N–H and O–H groups in total. The van der Waals surface area contributed by atoms with Crippen molar-refractivity contribution < 1.29 is 4.79 Å². The van der Waals surface area contributed by atoms with Crippen LogP contribution in [0.1, 0.15) is 19.8 Å². The Morgan fingerprint density at radius 3 is 2.67 bits per heavy atom. The highest BCUT2D eigenvalue weighted by Crippen LogP contribution is 2.24. The molecule has 1 aliphatic carbocycles. The quantitative estimate of drug-likeness (QED) is 0.791. The minimum absolute atomic E-state index is 0.00648. The molecule has 1 aromatic carbocycles. The maximum absolute atomic E-state index is 11.7. The zero-order valence-corrected chi connectivity index (χ0v) is 9.59. The monoisotopic (exact) mass is 221 g/mol. The van der Waals surface area contributed by atoms with Crippen LogP contribution in [0.5, 0.6) is 0 Å².